The highest BCUT2D eigenvalue weighted by atomic mass is 16.3. The lowest BCUT2D eigenvalue weighted by Gasteiger charge is -2.21. The van der Waals surface area contributed by atoms with Crippen LogP contribution in [0.2, 0.25) is 0 Å². The fraction of sp³-hybridized carbons (Fsp3) is 0.280. The minimum atomic E-state index is 0.159. The second-order valence-corrected chi connectivity index (χ2v) is 7.88. The molecule has 0 aliphatic heterocycles. The molecule has 0 heterocycles. The van der Waals surface area contributed by atoms with E-state index in [0.717, 1.165) is 28.8 Å². The molecule has 0 amide bonds. The predicted molar refractivity (Wildman–Crippen MR) is 119 cm³/mol. The van der Waals surface area contributed by atoms with Gasteiger partial charge < -0.3 is 16.2 Å². The number of nitrogens with two attached hydrogens (primary N) is 1. The normalized spacial score (nSPS) is 12.0. The molecule has 0 aliphatic carbocycles. The highest BCUT2D eigenvalue weighted by Gasteiger charge is 2.11. The van der Waals surface area contributed by atoms with E-state index in [1.807, 2.05) is 12.1 Å². The smallest absolute Gasteiger partial charge is 0.115 e. The maximum absolute atomic E-state index is 9.49. The van der Waals surface area contributed by atoms with Crippen molar-refractivity contribution in [2.75, 3.05) is 11.1 Å². The Balaban J connectivity index is 1.82. The first-order valence-corrected chi connectivity index (χ1v) is 9.75. The van der Waals surface area contributed by atoms with Gasteiger partial charge in [-0.05, 0) is 92.1 Å². The topological polar surface area (TPSA) is 58.3 Å². The van der Waals surface area contributed by atoms with E-state index in [-0.39, 0.29) is 6.04 Å². The number of anilines is 2. The Kier molecular flexibility index (Phi) is 5.64. The van der Waals surface area contributed by atoms with Gasteiger partial charge in [-0.1, -0.05) is 36.4 Å². The van der Waals surface area contributed by atoms with Crippen LogP contribution in [0.5, 0.6) is 5.75 Å². The van der Waals surface area contributed by atoms with Crippen molar-refractivity contribution < 1.29 is 5.11 Å². The van der Waals surface area contributed by atoms with Crippen molar-refractivity contribution in [2.45, 2.75) is 47.1 Å². The monoisotopic (exact) mass is 374 g/mol. The van der Waals surface area contributed by atoms with Crippen molar-refractivity contribution in [1.29, 1.82) is 0 Å². The third-order valence-corrected chi connectivity index (χ3v) is 5.41. The average Bonchev–Trinajstić information content (AvgIpc) is 2.63. The molecule has 3 heteroatoms. The van der Waals surface area contributed by atoms with Gasteiger partial charge in [-0.25, -0.2) is 0 Å². The molecule has 0 spiro atoms. The first kappa shape index (κ1) is 19.8. The molecule has 0 fully saturated rings. The summed E-state index contributed by atoms with van der Waals surface area (Å²) in [7, 11) is 0. The number of hydrogen-bond donors (Lipinski definition) is 3. The molecule has 3 rings (SSSR count). The Morgan fingerprint density at radius 1 is 0.821 bits per heavy atom. The number of hydrogen-bond acceptors (Lipinski definition) is 3. The zero-order valence-corrected chi connectivity index (χ0v) is 17.4. The van der Waals surface area contributed by atoms with Crippen LogP contribution in [0.4, 0.5) is 11.4 Å². The van der Waals surface area contributed by atoms with Crippen LogP contribution in [0.3, 0.4) is 0 Å². The van der Waals surface area contributed by atoms with Crippen LogP contribution >= 0.6 is 0 Å². The number of aryl methyl sites for hydroxylation is 4. The van der Waals surface area contributed by atoms with Gasteiger partial charge in [0.15, 0.2) is 0 Å². The summed E-state index contributed by atoms with van der Waals surface area (Å²) in [5, 5.41) is 13.1. The van der Waals surface area contributed by atoms with Crippen molar-refractivity contribution >= 4 is 11.4 Å². The molecule has 0 aliphatic rings. The van der Waals surface area contributed by atoms with Gasteiger partial charge in [-0.2, -0.15) is 0 Å². The minimum absolute atomic E-state index is 0.159. The van der Waals surface area contributed by atoms with Crippen molar-refractivity contribution in [3.8, 4) is 5.75 Å². The lowest BCUT2D eigenvalue weighted by molar-refractivity contribution is 0.475. The molecule has 4 N–H and O–H groups in total. The summed E-state index contributed by atoms with van der Waals surface area (Å²) in [4.78, 5) is 0. The zero-order chi connectivity index (χ0) is 20.4. The van der Waals surface area contributed by atoms with Crippen molar-refractivity contribution in [2.24, 2.45) is 0 Å². The maximum atomic E-state index is 9.49. The summed E-state index contributed by atoms with van der Waals surface area (Å²) in [5.41, 5.74) is 16.7. The van der Waals surface area contributed by atoms with Crippen LogP contribution in [0.25, 0.3) is 0 Å². The van der Waals surface area contributed by atoms with Crippen LogP contribution in [0.1, 0.15) is 51.9 Å². The second kappa shape index (κ2) is 7.97. The van der Waals surface area contributed by atoms with Gasteiger partial charge >= 0.3 is 0 Å². The standard InChI is InChI=1S/C25H30N2O/c1-15-10-20(11-16(2)24(15)26)14-21-12-17(3)25(18(4)13-21)27-19(5)22-6-8-23(28)9-7-22/h6-13,19,27-28H,14,26H2,1-5H3. The van der Waals surface area contributed by atoms with Gasteiger partial charge in [0.05, 0.1) is 0 Å². The van der Waals surface area contributed by atoms with E-state index in [4.69, 9.17) is 5.73 Å². The van der Waals surface area contributed by atoms with Crippen LogP contribution < -0.4 is 11.1 Å². The van der Waals surface area contributed by atoms with Crippen molar-refractivity contribution in [3.05, 3.63) is 87.5 Å². The molecule has 3 aromatic carbocycles. The van der Waals surface area contributed by atoms with E-state index in [1.54, 1.807) is 12.1 Å². The highest BCUT2D eigenvalue weighted by Crippen LogP contribution is 2.29. The highest BCUT2D eigenvalue weighted by molar-refractivity contribution is 5.60. The van der Waals surface area contributed by atoms with Gasteiger partial charge in [-0.15, -0.1) is 0 Å². The summed E-state index contributed by atoms with van der Waals surface area (Å²) in [5.74, 6) is 0.292. The van der Waals surface area contributed by atoms with E-state index < -0.39 is 0 Å². The average molecular weight is 375 g/mol. The number of benzene rings is 3. The molecule has 3 nitrogen and oxygen atoms in total. The van der Waals surface area contributed by atoms with Gasteiger partial charge in [0, 0.05) is 17.4 Å². The molecular formula is C25H30N2O. The summed E-state index contributed by atoms with van der Waals surface area (Å²) < 4.78 is 0. The summed E-state index contributed by atoms with van der Waals surface area (Å²) in [6.45, 7) is 10.6. The Labute approximate surface area is 168 Å². The van der Waals surface area contributed by atoms with E-state index >= 15 is 0 Å². The maximum Gasteiger partial charge on any atom is 0.115 e. The lowest BCUT2D eigenvalue weighted by Crippen LogP contribution is -2.09. The first-order valence-electron chi connectivity index (χ1n) is 9.75. The fourth-order valence-corrected chi connectivity index (χ4v) is 3.85. The van der Waals surface area contributed by atoms with E-state index in [9.17, 15) is 5.11 Å². The third kappa shape index (κ3) is 4.30. The molecule has 0 saturated carbocycles. The number of nitrogen functional groups attached to an aromatic ring is 1. The Morgan fingerprint density at radius 2 is 1.29 bits per heavy atom. The summed E-state index contributed by atoms with van der Waals surface area (Å²) >= 11 is 0. The molecule has 28 heavy (non-hydrogen) atoms. The first-order chi connectivity index (χ1) is 13.2. The SMILES string of the molecule is Cc1cc(Cc2cc(C)c(NC(C)c3ccc(O)cc3)c(C)c2)cc(C)c1N. The Bertz CT molecular complexity index is 944. The molecule has 1 unspecified atom stereocenters. The Hall–Kier alpha value is -2.94. The predicted octanol–water partition coefficient (Wildman–Crippen LogP) is 5.97. The van der Waals surface area contributed by atoms with Crippen LogP contribution in [-0.4, -0.2) is 5.11 Å². The van der Waals surface area contributed by atoms with E-state index in [2.05, 4.69) is 64.2 Å². The molecule has 3 aromatic rings. The minimum Gasteiger partial charge on any atom is -0.508 e. The van der Waals surface area contributed by atoms with Crippen LogP contribution in [-0.2, 0) is 6.42 Å². The third-order valence-electron chi connectivity index (χ3n) is 5.41. The lowest BCUT2D eigenvalue weighted by atomic mass is 9.96. The fourth-order valence-electron chi connectivity index (χ4n) is 3.85. The van der Waals surface area contributed by atoms with E-state index in [0.29, 0.717) is 5.75 Å². The largest absolute Gasteiger partial charge is 0.508 e. The number of aromatic hydroxyl groups is 1. The van der Waals surface area contributed by atoms with Crippen LogP contribution in [0, 0.1) is 27.7 Å². The molecule has 0 bridgehead atoms. The van der Waals surface area contributed by atoms with Crippen molar-refractivity contribution in [3.63, 3.8) is 0 Å². The van der Waals surface area contributed by atoms with E-state index in [1.165, 1.54) is 27.9 Å². The van der Waals surface area contributed by atoms with Gasteiger partial charge in [0.2, 0.25) is 0 Å². The number of phenolic OH excluding ortho intramolecular Hbond substituents is 1. The number of nitrogens with one attached hydrogen (secondary N) is 1. The van der Waals surface area contributed by atoms with Crippen LogP contribution in [0.15, 0.2) is 48.5 Å². The molecule has 0 radical (unpaired) electrons. The summed E-state index contributed by atoms with van der Waals surface area (Å²) in [6.07, 6.45) is 0.900. The number of rotatable bonds is 5. The number of phenols is 1. The van der Waals surface area contributed by atoms with Gasteiger partial charge in [-0.3, -0.25) is 0 Å². The molecule has 0 saturated heterocycles. The molecule has 1 atom stereocenters. The molecular weight excluding hydrogens is 344 g/mol. The van der Waals surface area contributed by atoms with Gasteiger partial charge in [0.1, 0.15) is 5.75 Å². The summed E-state index contributed by atoms with van der Waals surface area (Å²) in [6, 6.07) is 16.4. The molecule has 0 aromatic heterocycles. The quantitative estimate of drug-likeness (QED) is 0.482. The van der Waals surface area contributed by atoms with Crippen molar-refractivity contribution in [1.82, 2.24) is 0 Å². The van der Waals surface area contributed by atoms with Gasteiger partial charge in [0.25, 0.3) is 0 Å². The second-order valence-electron chi connectivity index (χ2n) is 7.88. The molecule has 146 valence electrons. The Morgan fingerprint density at radius 3 is 1.79 bits per heavy atom. The zero-order valence-electron chi connectivity index (χ0n) is 17.4.